The molecule has 0 aliphatic heterocycles. The molecular weight excluding hydrogens is 236 g/mol. The van der Waals surface area contributed by atoms with Gasteiger partial charge >= 0.3 is 0 Å². The molecule has 1 aromatic rings. The van der Waals surface area contributed by atoms with Crippen LogP contribution in [0.4, 0.5) is 0 Å². The number of nitrogens with one attached hydrogen (secondary N) is 1. The van der Waals surface area contributed by atoms with Crippen molar-refractivity contribution < 1.29 is 4.74 Å². The van der Waals surface area contributed by atoms with Gasteiger partial charge in [-0.05, 0) is 31.1 Å². The molecule has 19 heavy (non-hydrogen) atoms. The summed E-state index contributed by atoms with van der Waals surface area (Å²) in [5.74, 6) is 0. The molecular formula is C16H28N2O. The van der Waals surface area contributed by atoms with E-state index in [2.05, 4.69) is 55.3 Å². The van der Waals surface area contributed by atoms with Crippen LogP contribution in [0.1, 0.15) is 31.9 Å². The van der Waals surface area contributed by atoms with E-state index in [1.807, 2.05) is 0 Å². The van der Waals surface area contributed by atoms with E-state index in [1.54, 1.807) is 7.11 Å². The first-order valence-electron chi connectivity index (χ1n) is 7.22. The third-order valence-electron chi connectivity index (χ3n) is 3.49. The van der Waals surface area contributed by atoms with E-state index in [9.17, 15) is 0 Å². The lowest BCUT2D eigenvalue weighted by Gasteiger charge is -2.23. The molecule has 1 atom stereocenters. The summed E-state index contributed by atoms with van der Waals surface area (Å²) in [5, 5.41) is 3.60. The number of rotatable bonds is 9. The number of methoxy groups -OCH3 is 1. The topological polar surface area (TPSA) is 24.5 Å². The Labute approximate surface area is 118 Å². The van der Waals surface area contributed by atoms with Gasteiger partial charge in [0.2, 0.25) is 0 Å². The average Bonchev–Trinajstić information content (AvgIpc) is 2.44. The zero-order valence-corrected chi connectivity index (χ0v) is 12.8. The van der Waals surface area contributed by atoms with E-state index >= 15 is 0 Å². The highest BCUT2D eigenvalue weighted by molar-refractivity contribution is 5.26. The molecule has 0 bridgehead atoms. The molecule has 0 fully saturated rings. The number of hydrogen-bond donors (Lipinski definition) is 1. The lowest BCUT2D eigenvalue weighted by Crippen LogP contribution is -2.38. The van der Waals surface area contributed by atoms with Crippen LogP contribution in [-0.4, -0.2) is 37.7 Å². The largest absolute Gasteiger partial charge is 0.380 e. The molecule has 0 saturated heterocycles. The van der Waals surface area contributed by atoms with Gasteiger partial charge in [0.05, 0.1) is 6.61 Å². The lowest BCUT2D eigenvalue weighted by atomic mass is 10.1. The lowest BCUT2D eigenvalue weighted by molar-refractivity contribution is 0.184. The van der Waals surface area contributed by atoms with Crippen LogP contribution in [0.15, 0.2) is 24.3 Å². The van der Waals surface area contributed by atoms with Gasteiger partial charge in [0.15, 0.2) is 0 Å². The predicted octanol–water partition coefficient (Wildman–Crippen LogP) is 2.65. The number of hydrogen-bond acceptors (Lipinski definition) is 3. The molecule has 3 heteroatoms. The quantitative estimate of drug-likeness (QED) is 0.742. The highest BCUT2D eigenvalue weighted by Crippen LogP contribution is 2.10. The van der Waals surface area contributed by atoms with Gasteiger partial charge in [-0.25, -0.2) is 0 Å². The summed E-state index contributed by atoms with van der Waals surface area (Å²) >= 11 is 0. The van der Waals surface area contributed by atoms with Gasteiger partial charge in [-0.1, -0.05) is 38.1 Å². The van der Waals surface area contributed by atoms with E-state index in [0.29, 0.717) is 12.6 Å². The minimum atomic E-state index is 0.496. The van der Waals surface area contributed by atoms with Crippen LogP contribution in [0.3, 0.4) is 0 Å². The maximum Gasteiger partial charge on any atom is 0.0716 e. The van der Waals surface area contributed by atoms with E-state index in [1.165, 1.54) is 11.1 Å². The van der Waals surface area contributed by atoms with Gasteiger partial charge in [0, 0.05) is 26.2 Å². The standard InChI is InChI=1S/C16H28N2O/c1-5-18(6-2)12-14(3)17-11-15-9-7-8-10-16(15)13-19-4/h7-10,14,17H,5-6,11-13H2,1-4H3. The molecule has 1 N–H and O–H groups in total. The van der Waals surface area contributed by atoms with Crippen molar-refractivity contribution in [3.63, 3.8) is 0 Å². The number of likely N-dealkylation sites (N-methyl/N-ethyl adjacent to an activating group) is 1. The van der Waals surface area contributed by atoms with E-state index in [-0.39, 0.29) is 0 Å². The third-order valence-corrected chi connectivity index (χ3v) is 3.49. The van der Waals surface area contributed by atoms with Crippen molar-refractivity contribution in [2.45, 2.75) is 40.0 Å². The second kappa shape index (κ2) is 9.08. The Bertz CT molecular complexity index is 350. The van der Waals surface area contributed by atoms with Crippen molar-refractivity contribution in [3.8, 4) is 0 Å². The van der Waals surface area contributed by atoms with Crippen molar-refractivity contribution in [2.75, 3.05) is 26.7 Å². The molecule has 0 radical (unpaired) electrons. The van der Waals surface area contributed by atoms with Gasteiger partial charge in [-0.15, -0.1) is 0 Å². The molecule has 0 aliphatic rings. The van der Waals surface area contributed by atoms with Crippen molar-refractivity contribution in [1.29, 1.82) is 0 Å². The first kappa shape index (κ1) is 16.2. The summed E-state index contributed by atoms with van der Waals surface area (Å²) in [4.78, 5) is 2.44. The number of ether oxygens (including phenoxy) is 1. The Morgan fingerprint density at radius 3 is 2.37 bits per heavy atom. The second-order valence-electron chi connectivity index (χ2n) is 4.97. The molecule has 1 unspecified atom stereocenters. The summed E-state index contributed by atoms with van der Waals surface area (Å²) in [6.07, 6.45) is 0. The molecule has 108 valence electrons. The van der Waals surface area contributed by atoms with Gasteiger partial charge in [0.1, 0.15) is 0 Å². The highest BCUT2D eigenvalue weighted by atomic mass is 16.5. The summed E-state index contributed by atoms with van der Waals surface area (Å²) in [6.45, 7) is 11.6. The maximum absolute atomic E-state index is 5.24. The molecule has 1 aromatic carbocycles. The SMILES string of the molecule is CCN(CC)CC(C)NCc1ccccc1COC. The maximum atomic E-state index is 5.24. The van der Waals surface area contributed by atoms with Crippen LogP contribution in [-0.2, 0) is 17.9 Å². The minimum Gasteiger partial charge on any atom is -0.380 e. The Morgan fingerprint density at radius 1 is 1.16 bits per heavy atom. The fourth-order valence-corrected chi connectivity index (χ4v) is 2.24. The highest BCUT2D eigenvalue weighted by Gasteiger charge is 2.08. The molecule has 3 nitrogen and oxygen atoms in total. The number of nitrogens with zero attached hydrogens (tertiary/aromatic N) is 1. The monoisotopic (exact) mass is 264 g/mol. The smallest absolute Gasteiger partial charge is 0.0716 e. The zero-order valence-electron chi connectivity index (χ0n) is 12.8. The van der Waals surface area contributed by atoms with Gasteiger partial charge < -0.3 is 15.0 Å². The summed E-state index contributed by atoms with van der Waals surface area (Å²) in [5.41, 5.74) is 2.60. The van der Waals surface area contributed by atoms with Gasteiger partial charge in [-0.2, -0.15) is 0 Å². The van der Waals surface area contributed by atoms with E-state index in [0.717, 1.165) is 26.2 Å². The number of benzene rings is 1. The van der Waals surface area contributed by atoms with Crippen LogP contribution in [0.2, 0.25) is 0 Å². The van der Waals surface area contributed by atoms with Gasteiger partial charge in [0.25, 0.3) is 0 Å². The predicted molar refractivity (Wildman–Crippen MR) is 81.2 cm³/mol. The van der Waals surface area contributed by atoms with Crippen LogP contribution >= 0.6 is 0 Å². The van der Waals surface area contributed by atoms with Crippen molar-refractivity contribution in [2.24, 2.45) is 0 Å². The molecule has 0 saturated carbocycles. The normalized spacial score (nSPS) is 12.9. The van der Waals surface area contributed by atoms with Crippen LogP contribution in [0.25, 0.3) is 0 Å². The molecule has 0 amide bonds. The Morgan fingerprint density at radius 2 is 1.79 bits per heavy atom. The van der Waals surface area contributed by atoms with Crippen molar-refractivity contribution in [3.05, 3.63) is 35.4 Å². The molecule has 0 aliphatic carbocycles. The van der Waals surface area contributed by atoms with Crippen LogP contribution < -0.4 is 5.32 Å². The fourth-order valence-electron chi connectivity index (χ4n) is 2.24. The minimum absolute atomic E-state index is 0.496. The molecule has 0 spiro atoms. The van der Waals surface area contributed by atoms with E-state index < -0.39 is 0 Å². The average molecular weight is 264 g/mol. The Balaban J connectivity index is 2.47. The zero-order chi connectivity index (χ0) is 14.1. The second-order valence-corrected chi connectivity index (χ2v) is 4.97. The fraction of sp³-hybridized carbons (Fsp3) is 0.625. The van der Waals surface area contributed by atoms with Gasteiger partial charge in [-0.3, -0.25) is 0 Å². The summed E-state index contributed by atoms with van der Waals surface area (Å²) < 4.78 is 5.24. The Hall–Kier alpha value is -0.900. The molecule has 0 heterocycles. The third kappa shape index (κ3) is 5.72. The van der Waals surface area contributed by atoms with Crippen LogP contribution in [0, 0.1) is 0 Å². The first-order valence-corrected chi connectivity index (χ1v) is 7.22. The van der Waals surface area contributed by atoms with Crippen molar-refractivity contribution in [1.82, 2.24) is 10.2 Å². The Kier molecular flexibility index (Phi) is 7.72. The van der Waals surface area contributed by atoms with Crippen LogP contribution in [0.5, 0.6) is 0 Å². The first-order chi connectivity index (χ1) is 9.21. The van der Waals surface area contributed by atoms with E-state index in [4.69, 9.17) is 4.74 Å². The van der Waals surface area contributed by atoms with Crippen molar-refractivity contribution >= 4 is 0 Å². The summed E-state index contributed by atoms with van der Waals surface area (Å²) in [7, 11) is 1.74. The summed E-state index contributed by atoms with van der Waals surface area (Å²) in [6, 6.07) is 8.96. The molecule has 0 aromatic heterocycles. The molecule has 1 rings (SSSR count).